The average Bonchev–Trinajstić information content (AvgIpc) is 3.16. The van der Waals surface area contributed by atoms with E-state index in [9.17, 15) is 4.79 Å². The van der Waals surface area contributed by atoms with Crippen LogP contribution >= 0.6 is 11.6 Å². The van der Waals surface area contributed by atoms with Crippen LogP contribution in [0.25, 0.3) is 0 Å². The molecule has 0 spiro atoms. The Balaban J connectivity index is 1.89. The lowest BCUT2D eigenvalue weighted by atomic mass is 9.77. The van der Waals surface area contributed by atoms with Gasteiger partial charge in [-0.15, -0.1) is 0 Å². The summed E-state index contributed by atoms with van der Waals surface area (Å²) in [6.45, 7) is 2.34. The van der Waals surface area contributed by atoms with Gasteiger partial charge in [0.15, 0.2) is 0 Å². The number of rotatable bonds is 3. The molecule has 0 aromatic heterocycles. The number of benzene rings is 1. The molecule has 2 fully saturated rings. The van der Waals surface area contributed by atoms with Crippen LogP contribution in [0.4, 0.5) is 0 Å². The number of likely N-dealkylation sites (tertiary alicyclic amines) is 1. The molecule has 114 valence electrons. The van der Waals surface area contributed by atoms with Crippen LogP contribution in [-0.2, 0) is 10.2 Å². The van der Waals surface area contributed by atoms with Crippen LogP contribution in [0.5, 0.6) is 0 Å². The molecular weight excluding hydrogens is 284 g/mol. The fraction of sp³-hybridized carbons (Fsp3) is 0.588. The summed E-state index contributed by atoms with van der Waals surface area (Å²) in [5.41, 5.74) is 6.50. The Morgan fingerprint density at radius 3 is 2.76 bits per heavy atom. The molecule has 1 atom stereocenters. The zero-order valence-corrected chi connectivity index (χ0v) is 13.1. The lowest BCUT2D eigenvalue weighted by Gasteiger charge is -2.33. The Morgan fingerprint density at radius 2 is 2.14 bits per heavy atom. The van der Waals surface area contributed by atoms with E-state index >= 15 is 0 Å². The molecule has 21 heavy (non-hydrogen) atoms. The predicted molar refractivity (Wildman–Crippen MR) is 85.3 cm³/mol. The van der Waals surface area contributed by atoms with E-state index in [-0.39, 0.29) is 5.41 Å². The number of nitrogens with zero attached hydrogens (tertiary/aromatic N) is 1. The number of halogens is 1. The first kappa shape index (κ1) is 14.9. The van der Waals surface area contributed by atoms with E-state index < -0.39 is 0 Å². The smallest absolute Gasteiger partial charge is 0.233 e. The molecule has 1 aliphatic carbocycles. The summed E-state index contributed by atoms with van der Waals surface area (Å²) < 4.78 is 0. The fourth-order valence-corrected chi connectivity index (χ4v) is 4.09. The van der Waals surface area contributed by atoms with Crippen LogP contribution in [0.2, 0.25) is 5.02 Å². The average molecular weight is 307 g/mol. The second-order valence-corrected chi connectivity index (χ2v) is 6.88. The first-order valence-corrected chi connectivity index (χ1v) is 8.29. The maximum atomic E-state index is 13.2. The van der Waals surface area contributed by atoms with Crippen molar-refractivity contribution in [3.63, 3.8) is 0 Å². The lowest BCUT2D eigenvalue weighted by Crippen LogP contribution is -2.44. The van der Waals surface area contributed by atoms with Crippen molar-refractivity contribution in [2.24, 2.45) is 11.7 Å². The topological polar surface area (TPSA) is 46.3 Å². The number of amides is 1. The molecule has 4 heteroatoms. The van der Waals surface area contributed by atoms with Crippen LogP contribution in [0.3, 0.4) is 0 Å². The van der Waals surface area contributed by atoms with Gasteiger partial charge in [0.2, 0.25) is 5.91 Å². The van der Waals surface area contributed by atoms with Crippen LogP contribution < -0.4 is 5.73 Å². The quantitative estimate of drug-likeness (QED) is 0.933. The molecule has 1 saturated heterocycles. The van der Waals surface area contributed by atoms with E-state index in [1.54, 1.807) is 0 Å². The molecule has 0 bridgehead atoms. The normalized spacial score (nSPS) is 24.5. The molecule has 1 aromatic carbocycles. The number of carbonyl (C=O) groups is 1. The van der Waals surface area contributed by atoms with Crippen molar-refractivity contribution >= 4 is 17.5 Å². The van der Waals surface area contributed by atoms with Gasteiger partial charge in [-0.25, -0.2) is 0 Å². The van der Waals surface area contributed by atoms with Gasteiger partial charge >= 0.3 is 0 Å². The largest absolute Gasteiger partial charge is 0.342 e. The third kappa shape index (κ3) is 2.69. The first-order chi connectivity index (χ1) is 10.2. The third-order valence-electron chi connectivity index (χ3n) is 5.15. The summed E-state index contributed by atoms with van der Waals surface area (Å²) in [6.07, 6.45) is 5.15. The highest BCUT2D eigenvalue weighted by molar-refractivity contribution is 6.30. The summed E-state index contributed by atoms with van der Waals surface area (Å²) in [6, 6.07) is 7.86. The maximum Gasteiger partial charge on any atom is 0.233 e. The molecule has 2 N–H and O–H groups in total. The van der Waals surface area contributed by atoms with Crippen molar-refractivity contribution in [2.45, 2.75) is 37.5 Å². The molecule has 1 heterocycles. The van der Waals surface area contributed by atoms with Crippen molar-refractivity contribution in [2.75, 3.05) is 19.6 Å². The summed E-state index contributed by atoms with van der Waals surface area (Å²) >= 11 is 6.15. The van der Waals surface area contributed by atoms with Gasteiger partial charge in [-0.1, -0.05) is 36.6 Å². The summed E-state index contributed by atoms with van der Waals surface area (Å²) in [4.78, 5) is 15.2. The van der Waals surface area contributed by atoms with E-state index in [2.05, 4.69) is 6.07 Å². The number of nitrogens with two attached hydrogens (primary N) is 1. The minimum atomic E-state index is -0.353. The van der Waals surface area contributed by atoms with Crippen molar-refractivity contribution in [3.05, 3.63) is 34.9 Å². The number of carbonyl (C=O) groups excluding carboxylic acids is 1. The van der Waals surface area contributed by atoms with Gasteiger partial charge < -0.3 is 10.6 Å². The summed E-state index contributed by atoms with van der Waals surface area (Å²) in [7, 11) is 0. The predicted octanol–water partition coefficient (Wildman–Crippen LogP) is 2.96. The Labute approximate surface area is 131 Å². The Hall–Kier alpha value is -1.06. The van der Waals surface area contributed by atoms with Gasteiger partial charge in [0.05, 0.1) is 5.41 Å². The van der Waals surface area contributed by atoms with Gasteiger partial charge in [0.25, 0.3) is 0 Å². The maximum absolute atomic E-state index is 13.2. The molecule has 1 amide bonds. The minimum absolute atomic E-state index is 0.290. The zero-order valence-electron chi connectivity index (χ0n) is 12.4. The van der Waals surface area contributed by atoms with Crippen LogP contribution in [0.1, 0.15) is 37.7 Å². The lowest BCUT2D eigenvalue weighted by molar-refractivity contribution is -0.136. The van der Waals surface area contributed by atoms with E-state index in [0.717, 1.165) is 50.8 Å². The second kappa shape index (κ2) is 5.98. The monoisotopic (exact) mass is 306 g/mol. The van der Waals surface area contributed by atoms with E-state index in [0.29, 0.717) is 23.4 Å². The SMILES string of the molecule is NCC1CCN(C(=O)C2(c3cccc(Cl)c3)CCCC2)C1. The minimum Gasteiger partial charge on any atom is -0.342 e. The van der Waals surface area contributed by atoms with Gasteiger partial charge in [-0.2, -0.15) is 0 Å². The van der Waals surface area contributed by atoms with E-state index in [1.807, 2.05) is 23.1 Å². The van der Waals surface area contributed by atoms with Crippen molar-refractivity contribution in [1.29, 1.82) is 0 Å². The third-order valence-corrected chi connectivity index (χ3v) is 5.39. The second-order valence-electron chi connectivity index (χ2n) is 6.44. The van der Waals surface area contributed by atoms with Gasteiger partial charge in [0, 0.05) is 18.1 Å². The van der Waals surface area contributed by atoms with E-state index in [4.69, 9.17) is 17.3 Å². The highest BCUT2D eigenvalue weighted by Gasteiger charge is 2.46. The van der Waals surface area contributed by atoms with Crippen molar-refractivity contribution in [3.8, 4) is 0 Å². The zero-order chi connectivity index (χ0) is 14.9. The van der Waals surface area contributed by atoms with Crippen molar-refractivity contribution in [1.82, 2.24) is 4.90 Å². The van der Waals surface area contributed by atoms with Gasteiger partial charge in [-0.05, 0) is 49.4 Å². The van der Waals surface area contributed by atoms with Gasteiger partial charge in [0.1, 0.15) is 0 Å². The van der Waals surface area contributed by atoms with Crippen LogP contribution in [-0.4, -0.2) is 30.4 Å². The molecule has 0 radical (unpaired) electrons. The van der Waals surface area contributed by atoms with Crippen LogP contribution in [0.15, 0.2) is 24.3 Å². The Kier molecular flexibility index (Phi) is 4.23. The molecule has 3 nitrogen and oxygen atoms in total. The number of hydrogen-bond acceptors (Lipinski definition) is 2. The molecule has 3 rings (SSSR count). The van der Waals surface area contributed by atoms with Crippen molar-refractivity contribution < 1.29 is 4.79 Å². The van der Waals surface area contributed by atoms with Crippen LogP contribution in [0, 0.1) is 5.92 Å². The molecule has 2 aliphatic rings. The molecule has 1 saturated carbocycles. The highest BCUT2D eigenvalue weighted by atomic mass is 35.5. The molecular formula is C17H23ClN2O. The van der Waals surface area contributed by atoms with E-state index in [1.165, 1.54) is 0 Å². The van der Waals surface area contributed by atoms with Gasteiger partial charge in [-0.3, -0.25) is 4.79 Å². The Bertz CT molecular complexity index is 525. The molecule has 1 unspecified atom stereocenters. The first-order valence-electron chi connectivity index (χ1n) is 7.91. The molecule has 1 aromatic rings. The fourth-order valence-electron chi connectivity index (χ4n) is 3.90. The Morgan fingerprint density at radius 1 is 1.38 bits per heavy atom. The summed E-state index contributed by atoms with van der Waals surface area (Å²) in [5.74, 6) is 0.755. The number of hydrogen-bond donors (Lipinski definition) is 1. The molecule has 1 aliphatic heterocycles. The highest BCUT2D eigenvalue weighted by Crippen LogP contribution is 2.43. The standard InChI is InChI=1S/C17H23ClN2O/c18-15-5-3-4-14(10-15)17(7-1-2-8-17)16(21)20-9-6-13(11-19)12-20/h3-5,10,13H,1-2,6-9,11-12,19H2. The summed E-state index contributed by atoms with van der Waals surface area (Å²) in [5, 5.41) is 0.716.